The van der Waals surface area contributed by atoms with Crippen molar-refractivity contribution in [2.24, 2.45) is 0 Å². The Morgan fingerprint density at radius 3 is 2.22 bits per heavy atom. The summed E-state index contributed by atoms with van der Waals surface area (Å²) in [5, 5.41) is 8.27. The van der Waals surface area contributed by atoms with Gasteiger partial charge in [-0.05, 0) is 84.8 Å². The van der Waals surface area contributed by atoms with Gasteiger partial charge in [0.1, 0.15) is 5.70 Å². The van der Waals surface area contributed by atoms with Gasteiger partial charge >= 0.3 is 0 Å². The van der Waals surface area contributed by atoms with Crippen LogP contribution in [0.3, 0.4) is 0 Å². The van der Waals surface area contributed by atoms with E-state index in [4.69, 9.17) is 0 Å². The number of halogens is 2. The Balaban J connectivity index is 1.49. The van der Waals surface area contributed by atoms with E-state index in [0.717, 1.165) is 25.1 Å². The molecule has 41 heavy (non-hydrogen) atoms. The van der Waals surface area contributed by atoms with Gasteiger partial charge in [-0.1, -0.05) is 75.2 Å². The number of hydrogen-bond acceptors (Lipinski definition) is 4. The Labute approximate surface area is 260 Å². The average Bonchev–Trinajstić information content (AvgIpc) is 2.97. The normalized spacial score (nSPS) is 11.8. The Morgan fingerprint density at radius 1 is 0.780 bits per heavy atom. The minimum Gasteiger partial charge on any atom is -0.325 e. The Morgan fingerprint density at radius 2 is 1.51 bits per heavy atom. The van der Waals surface area contributed by atoms with Crippen molar-refractivity contribution >= 4 is 78.8 Å². The second kappa shape index (κ2) is 14.8. The van der Waals surface area contributed by atoms with E-state index in [1.54, 1.807) is 36.4 Å². The standard InChI is InChI=1S/C32H27Br2N3O3S/c1-2-29(32(40)35-25-16-14-23(33)15-17-25)41-27-13-7-12-26(20-27)36-31(39)28(19-21-8-6-11-24(34)18-21)37-30(38)22-9-4-3-5-10-22/h3-20,29H,2H2,1H3,(H,35,40)(H,36,39)(H,37,38)/b28-19+. The summed E-state index contributed by atoms with van der Waals surface area (Å²) in [4.78, 5) is 40.1. The third kappa shape index (κ3) is 9.18. The van der Waals surface area contributed by atoms with Gasteiger partial charge in [0.2, 0.25) is 5.91 Å². The molecule has 4 aromatic rings. The molecule has 0 bridgehead atoms. The summed E-state index contributed by atoms with van der Waals surface area (Å²) in [5.41, 5.74) is 2.53. The first-order valence-electron chi connectivity index (χ1n) is 12.8. The molecule has 0 aliphatic heterocycles. The predicted octanol–water partition coefficient (Wildman–Crippen LogP) is 8.13. The van der Waals surface area contributed by atoms with Gasteiger partial charge in [0, 0.05) is 30.8 Å². The van der Waals surface area contributed by atoms with Crippen LogP contribution >= 0.6 is 43.6 Å². The first kappa shape index (κ1) is 30.3. The van der Waals surface area contributed by atoms with Crippen molar-refractivity contribution < 1.29 is 14.4 Å². The van der Waals surface area contributed by atoms with Crippen LogP contribution in [0.1, 0.15) is 29.3 Å². The first-order chi connectivity index (χ1) is 19.8. The number of hydrogen-bond donors (Lipinski definition) is 3. The molecule has 0 saturated carbocycles. The van der Waals surface area contributed by atoms with Crippen LogP contribution in [0.4, 0.5) is 11.4 Å². The van der Waals surface area contributed by atoms with Crippen molar-refractivity contribution in [3.63, 3.8) is 0 Å². The molecule has 0 aliphatic carbocycles. The molecule has 1 atom stereocenters. The van der Waals surface area contributed by atoms with Gasteiger partial charge in [0.15, 0.2) is 0 Å². The number of thioether (sulfide) groups is 1. The van der Waals surface area contributed by atoms with E-state index in [1.807, 2.05) is 79.7 Å². The van der Waals surface area contributed by atoms with Gasteiger partial charge in [-0.15, -0.1) is 11.8 Å². The van der Waals surface area contributed by atoms with E-state index in [-0.39, 0.29) is 16.9 Å². The van der Waals surface area contributed by atoms with Gasteiger partial charge in [-0.25, -0.2) is 0 Å². The molecule has 0 aromatic heterocycles. The SMILES string of the molecule is CCC(Sc1cccc(NC(=O)/C(=C\c2cccc(Br)c2)NC(=O)c2ccccc2)c1)C(=O)Nc1ccc(Br)cc1. The molecular weight excluding hydrogens is 666 g/mol. The molecule has 6 nitrogen and oxygen atoms in total. The molecule has 0 radical (unpaired) electrons. The molecule has 0 fully saturated rings. The summed E-state index contributed by atoms with van der Waals surface area (Å²) in [6, 6.07) is 30.8. The van der Waals surface area contributed by atoms with Crippen molar-refractivity contribution in [2.45, 2.75) is 23.5 Å². The van der Waals surface area contributed by atoms with Crippen LogP contribution < -0.4 is 16.0 Å². The predicted molar refractivity (Wildman–Crippen MR) is 174 cm³/mol. The van der Waals surface area contributed by atoms with Gasteiger partial charge in [-0.2, -0.15) is 0 Å². The lowest BCUT2D eigenvalue weighted by Crippen LogP contribution is -2.30. The van der Waals surface area contributed by atoms with Crippen molar-refractivity contribution in [3.05, 3.63) is 129 Å². The monoisotopic (exact) mass is 691 g/mol. The lowest BCUT2D eigenvalue weighted by Gasteiger charge is -2.16. The van der Waals surface area contributed by atoms with Crippen LogP contribution in [0.2, 0.25) is 0 Å². The highest BCUT2D eigenvalue weighted by molar-refractivity contribution is 9.10. The zero-order valence-electron chi connectivity index (χ0n) is 22.1. The Bertz CT molecular complexity index is 1560. The van der Waals surface area contributed by atoms with Gasteiger partial charge < -0.3 is 16.0 Å². The molecule has 4 rings (SSSR count). The van der Waals surface area contributed by atoms with E-state index in [2.05, 4.69) is 47.8 Å². The zero-order valence-corrected chi connectivity index (χ0v) is 26.1. The molecule has 0 aliphatic rings. The first-order valence-corrected chi connectivity index (χ1v) is 15.3. The van der Waals surface area contributed by atoms with Crippen molar-refractivity contribution in [1.29, 1.82) is 0 Å². The van der Waals surface area contributed by atoms with Crippen molar-refractivity contribution in [1.82, 2.24) is 5.32 Å². The maximum absolute atomic E-state index is 13.4. The lowest BCUT2D eigenvalue weighted by molar-refractivity contribution is -0.116. The van der Waals surface area contributed by atoms with Gasteiger partial charge in [-0.3, -0.25) is 14.4 Å². The minimum atomic E-state index is -0.476. The zero-order chi connectivity index (χ0) is 29.2. The average molecular weight is 693 g/mol. The molecule has 3 N–H and O–H groups in total. The molecule has 3 amide bonds. The second-order valence-electron chi connectivity index (χ2n) is 8.93. The number of carbonyl (C=O) groups is 3. The molecule has 0 heterocycles. The van der Waals surface area contributed by atoms with Crippen LogP contribution in [0.25, 0.3) is 6.08 Å². The summed E-state index contributed by atoms with van der Waals surface area (Å²) in [6.45, 7) is 1.96. The van der Waals surface area contributed by atoms with E-state index in [9.17, 15) is 14.4 Å². The molecule has 1 unspecified atom stereocenters. The summed E-state index contributed by atoms with van der Waals surface area (Å²) in [6.07, 6.45) is 2.24. The van der Waals surface area contributed by atoms with Crippen molar-refractivity contribution in [3.8, 4) is 0 Å². The molecule has 9 heteroatoms. The highest BCUT2D eigenvalue weighted by Crippen LogP contribution is 2.29. The number of anilines is 2. The van der Waals surface area contributed by atoms with Crippen LogP contribution in [0.15, 0.2) is 123 Å². The van der Waals surface area contributed by atoms with Crippen LogP contribution in [-0.2, 0) is 9.59 Å². The van der Waals surface area contributed by atoms with Crippen molar-refractivity contribution in [2.75, 3.05) is 10.6 Å². The summed E-state index contributed by atoms with van der Waals surface area (Å²) in [5.74, 6) is -0.970. The van der Waals surface area contributed by atoms with Gasteiger partial charge in [0.05, 0.1) is 5.25 Å². The number of benzene rings is 4. The third-order valence-corrected chi connectivity index (χ3v) is 8.21. The van der Waals surface area contributed by atoms with Crippen LogP contribution in [0.5, 0.6) is 0 Å². The fourth-order valence-electron chi connectivity index (χ4n) is 3.79. The maximum Gasteiger partial charge on any atom is 0.272 e. The number of carbonyl (C=O) groups excluding carboxylic acids is 3. The molecule has 208 valence electrons. The fourth-order valence-corrected chi connectivity index (χ4v) is 5.49. The maximum atomic E-state index is 13.4. The van der Waals surface area contributed by atoms with E-state index in [0.29, 0.717) is 17.7 Å². The van der Waals surface area contributed by atoms with Crippen LogP contribution in [0, 0.1) is 0 Å². The number of amides is 3. The largest absolute Gasteiger partial charge is 0.325 e. The van der Waals surface area contributed by atoms with E-state index >= 15 is 0 Å². The number of rotatable bonds is 10. The quantitative estimate of drug-likeness (QED) is 0.116. The smallest absolute Gasteiger partial charge is 0.272 e. The molecular formula is C32H27Br2N3O3S. The Kier molecular flexibility index (Phi) is 11.0. The highest BCUT2D eigenvalue weighted by atomic mass is 79.9. The molecule has 0 saturated heterocycles. The summed E-state index contributed by atoms with van der Waals surface area (Å²) < 4.78 is 1.78. The van der Waals surface area contributed by atoms with E-state index in [1.165, 1.54) is 11.8 Å². The topological polar surface area (TPSA) is 87.3 Å². The minimum absolute atomic E-state index is 0.0929. The third-order valence-electron chi connectivity index (χ3n) is 5.83. The second-order valence-corrected chi connectivity index (χ2v) is 12.0. The number of nitrogens with one attached hydrogen (secondary N) is 3. The van der Waals surface area contributed by atoms with E-state index < -0.39 is 11.8 Å². The summed E-state index contributed by atoms with van der Waals surface area (Å²) in [7, 11) is 0. The molecule has 0 spiro atoms. The van der Waals surface area contributed by atoms with Crippen LogP contribution in [-0.4, -0.2) is 23.0 Å². The Hall–Kier alpha value is -3.66. The molecule has 4 aromatic carbocycles. The fraction of sp³-hybridized carbons (Fsp3) is 0.0938. The summed E-state index contributed by atoms with van der Waals surface area (Å²) >= 11 is 8.26. The van der Waals surface area contributed by atoms with Gasteiger partial charge in [0.25, 0.3) is 11.8 Å². The lowest BCUT2D eigenvalue weighted by atomic mass is 10.1. The highest BCUT2D eigenvalue weighted by Gasteiger charge is 2.19.